The van der Waals surface area contributed by atoms with Crippen LogP contribution < -0.4 is 0 Å². The van der Waals surface area contributed by atoms with Crippen molar-refractivity contribution in [1.29, 1.82) is 0 Å². The zero-order chi connectivity index (χ0) is 11.5. The number of hydrogen-bond acceptors (Lipinski definition) is 2. The van der Waals surface area contributed by atoms with Crippen molar-refractivity contribution in [2.45, 2.75) is 18.2 Å². The van der Waals surface area contributed by atoms with Crippen LogP contribution in [0.2, 0.25) is 0 Å². The summed E-state index contributed by atoms with van der Waals surface area (Å²) in [6, 6.07) is 1.41. The summed E-state index contributed by atoms with van der Waals surface area (Å²) in [5, 5.41) is 0.131. The molecule has 1 aromatic heterocycles. The van der Waals surface area contributed by atoms with Gasteiger partial charge >= 0.3 is 0 Å². The van der Waals surface area contributed by atoms with Crippen LogP contribution in [-0.2, 0) is 0 Å². The van der Waals surface area contributed by atoms with Gasteiger partial charge in [-0.25, -0.2) is 4.39 Å². The highest BCUT2D eigenvalue weighted by Gasteiger charge is 2.23. The molecule has 16 heavy (non-hydrogen) atoms. The van der Waals surface area contributed by atoms with Crippen molar-refractivity contribution in [2.75, 3.05) is 13.1 Å². The Bertz CT molecular complexity index is 391. The fourth-order valence-electron chi connectivity index (χ4n) is 1.77. The maximum Gasteiger partial charge on any atom is 0.256 e. The lowest BCUT2D eigenvalue weighted by Crippen LogP contribution is -2.39. The first-order valence-corrected chi connectivity index (χ1v) is 5.65. The molecule has 1 aromatic rings. The molecule has 0 bridgehead atoms. The summed E-state index contributed by atoms with van der Waals surface area (Å²) >= 11 is 5.94. The molecule has 1 aliphatic rings. The number of hydrogen-bond donors (Lipinski definition) is 0. The topological polar surface area (TPSA) is 33.2 Å². The summed E-state index contributed by atoms with van der Waals surface area (Å²) in [5.74, 6) is -0.844. The highest BCUT2D eigenvalue weighted by atomic mass is 35.5. The second kappa shape index (κ2) is 4.78. The van der Waals surface area contributed by atoms with Crippen LogP contribution in [0.25, 0.3) is 0 Å². The van der Waals surface area contributed by atoms with Gasteiger partial charge in [0.15, 0.2) is 5.82 Å². The van der Waals surface area contributed by atoms with Gasteiger partial charge in [-0.05, 0) is 18.9 Å². The molecule has 3 nitrogen and oxygen atoms in total. The third-order valence-corrected chi connectivity index (χ3v) is 3.15. The molecule has 0 saturated carbocycles. The first-order chi connectivity index (χ1) is 7.68. The van der Waals surface area contributed by atoms with Gasteiger partial charge in [0, 0.05) is 24.7 Å². The number of carbonyl (C=O) groups is 1. The standard InChI is InChI=1S/C11H12ClFN2O/c12-8-2-5-15(6-3-8)11(16)9-1-4-14-7-10(9)13/h1,4,7-8H,2-3,5-6H2. The van der Waals surface area contributed by atoms with Crippen molar-refractivity contribution in [3.63, 3.8) is 0 Å². The van der Waals surface area contributed by atoms with E-state index in [2.05, 4.69) is 4.98 Å². The average Bonchev–Trinajstić information content (AvgIpc) is 2.30. The number of rotatable bonds is 1. The van der Waals surface area contributed by atoms with E-state index < -0.39 is 5.82 Å². The van der Waals surface area contributed by atoms with Gasteiger partial charge in [-0.3, -0.25) is 9.78 Å². The number of amides is 1. The summed E-state index contributed by atoms with van der Waals surface area (Å²) in [6.07, 6.45) is 4.01. The zero-order valence-electron chi connectivity index (χ0n) is 8.70. The van der Waals surface area contributed by atoms with E-state index in [4.69, 9.17) is 11.6 Å². The molecule has 2 rings (SSSR count). The SMILES string of the molecule is O=C(c1ccncc1F)N1CCC(Cl)CC1. The normalized spacial score (nSPS) is 17.5. The van der Waals surface area contributed by atoms with E-state index in [1.807, 2.05) is 0 Å². The Labute approximate surface area is 98.2 Å². The van der Waals surface area contributed by atoms with E-state index >= 15 is 0 Å². The second-order valence-corrected chi connectivity index (χ2v) is 4.44. The maximum absolute atomic E-state index is 13.3. The Hall–Kier alpha value is -1.16. The largest absolute Gasteiger partial charge is 0.338 e. The van der Waals surface area contributed by atoms with E-state index in [0.29, 0.717) is 13.1 Å². The van der Waals surface area contributed by atoms with Crippen LogP contribution in [0.15, 0.2) is 18.5 Å². The number of pyridine rings is 1. The van der Waals surface area contributed by atoms with Crippen molar-refractivity contribution in [3.05, 3.63) is 29.8 Å². The van der Waals surface area contributed by atoms with Crippen molar-refractivity contribution < 1.29 is 9.18 Å². The summed E-state index contributed by atoms with van der Waals surface area (Å²) in [5.41, 5.74) is 0.0861. The fourth-order valence-corrected chi connectivity index (χ4v) is 1.97. The third-order valence-electron chi connectivity index (χ3n) is 2.71. The first kappa shape index (κ1) is 11.3. The molecule has 0 aliphatic carbocycles. The number of nitrogens with zero attached hydrogens (tertiary/aromatic N) is 2. The Morgan fingerprint density at radius 2 is 2.19 bits per heavy atom. The van der Waals surface area contributed by atoms with E-state index in [0.717, 1.165) is 19.0 Å². The predicted molar refractivity (Wildman–Crippen MR) is 59.0 cm³/mol. The lowest BCUT2D eigenvalue weighted by Gasteiger charge is -2.29. The van der Waals surface area contributed by atoms with Gasteiger partial charge in [-0.1, -0.05) is 0 Å². The van der Waals surface area contributed by atoms with E-state index in [-0.39, 0.29) is 16.8 Å². The molecule has 1 fully saturated rings. The lowest BCUT2D eigenvalue weighted by atomic mass is 10.1. The van der Waals surface area contributed by atoms with Crippen molar-refractivity contribution in [1.82, 2.24) is 9.88 Å². The van der Waals surface area contributed by atoms with E-state index in [9.17, 15) is 9.18 Å². The summed E-state index contributed by atoms with van der Waals surface area (Å²) in [6.45, 7) is 1.18. The number of alkyl halides is 1. The summed E-state index contributed by atoms with van der Waals surface area (Å²) in [4.78, 5) is 17.2. The molecule has 1 saturated heterocycles. The Balaban J connectivity index is 2.11. The molecule has 1 aliphatic heterocycles. The molecule has 2 heterocycles. The summed E-state index contributed by atoms with van der Waals surface area (Å²) < 4.78 is 13.3. The average molecular weight is 243 g/mol. The Morgan fingerprint density at radius 3 is 2.81 bits per heavy atom. The van der Waals surface area contributed by atoms with Crippen molar-refractivity contribution in [3.8, 4) is 0 Å². The molecule has 0 aromatic carbocycles. The van der Waals surface area contributed by atoms with Crippen LogP contribution in [0.1, 0.15) is 23.2 Å². The van der Waals surface area contributed by atoms with Crippen LogP contribution in [-0.4, -0.2) is 34.3 Å². The molecule has 0 spiro atoms. The number of halogens is 2. The minimum atomic E-state index is -0.569. The molecule has 0 N–H and O–H groups in total. The molecule has 0 unspecified atom stereocenters. The summed E-state index contributed by atoms with van der Waals surface area (Å²) in [7, 11) is 0. The monoisotopic (exact) mass is 242 g/mol. The minimum Gasteiger partial charge on any atom is -0.338 e. The zero-order valence-corrected chi connectivity index (χ0v) is 9.45. The van der Waals surface area contributed by atoms with Gasteiger partial charge in [0.05, 0.1) is 11.8 Å². The predicted octanol–water partition coefficient (Wildman–Crippen LogP) is 2.06. The van der Waals surface area contributed by atoms with Crippen LogP contribution in [0, 0.1) is 5.82 Å². The van der Waals surface area contributed by atoms with Gasteiger partial charge in [-0.15, -0.1) is 11.6 Å². The number of aromatic nitrogens is 1. The molecular weight excluding hydrogens is 231 g/mol. The second-order valence-electron chi connectivity index (χ2n) is 3.82. The van der Waals surface area contributed by atoms with Gasteiger partial charge < -0.3 is 4.90 Å². The first-order valence-electron chi connectivity index (χ1n) is 5.21. The molecule has 86 valence electrons. The molecule has 0 radical (unpaired) electrons. The third kappa shape index (κ3) is 2.32. The van der Waals surface area contributed by atoms with Gasteiger partial charge in [-0.2, -0.15) is 0 Å². The van der Waals surface area contributed by atoms with Gasteiger partial charge in [0.1, 0.15) is 0 Å². The lowest BCUT2D eigenvalue weighted by molar-refractivity contribution is 0.0721. The van der Waals surface area contributed by atoms with Crippen LogP contribution >= 0.6 is 11.6 Å². The molecule has 1 amide bonds. The van der Waals surface area contributed by atoms with E-state index in [1.165, 1.54) is 12.3 Å². The van der Waals surface area contributed by atoms with E-state index in [1.54, 1.807) is 4.90 Å². The number of carbonyl (C=O) groups excluding carboxylic acids is 1. The van der Waals surface area contributed by atoms with Crippen molar-refractivity contribution >= 4 is 17.5 Å². The molecule has 5 heteroatoms. The fraction of sp³-hybridized carbons (Fsp3) is 0.455. The Morgan fingerprint density at radius 1 is 1.50 bits per heavy atom. The number of likely N-dealkylation sites (tertiary alicyclic amines) is 1. The Kier molecular flexibility index (Phi) is 3.39. The highest BCUT2D eigenvalue weighted by molar-refractivity contribution is 6.20. The maximum atomic E-state index is 13.3. The quantitative estimate of drug-likeness (QED) is 0.707. The smallest absolute Gasteiger partial charge is 0.256 e. The van der Waals surface area contributed by atoms with Crippen LogP contribution in [0.5, 0.6) is 0 Å². The number of piperidine rings is 1. The highest BCUT2D eigenvalue weighted by Crippen LogP contribution is 2.18. The van der Waals surface area contributed by atoms with Gasteiger partial charge in [0.2, 0.25) is 0 Å². The minimum absolute atomic E-state index is 0.0861. The molecular formula is C11H12ClFN2O. The molecule has 0 atom stereocenters. The van der Waals surface area contributed by atoms with Crippen LogP contribution in [0.4, 0.5) is 4.39 Å². The van der Waals surface area contributed by atoms with Gasteiger partial charge in [0.25, 0.3) is 5.91 Å². The van der Waals surface area contributed by atoms with Crippen LogP contribution in [0.3, 0.4) is 0 Å². The van der Waals surface area contributed by atoms with Crippen molar-refractivity contribution in [2.24, 2.45) is 0 Å².